The molecule has 0 fully saturated rings. The number of fused-ring (bicyclic) bond motifs is 1. The van der Waals surface area contributed by atoms with Crippen molar-refractivity contribution in [2.45, 2.75) is 6.42 Å². The van der Waals surface area contributed by atoms with Gasteiger partial charge in [-0.1, -0.05) is 54.6 Å². The van der Waals surface area contributed by atoms with Gasteiger partial charge < -0.3 is 0 Å². The lowest BCUT2D eigenvalue weighted by molar-refractivity contribution is 0.0994. The Morgan fingerprint density at radius 2 is 1.65 bits per heavy atom. The molecule has 3 aromatic carbocycles. The highest BCUT2D eigenvalue weighted by Crippen LogP contribution is 2.20. The largest absolute Gasteiger partial charge is 0.294 e. The van der Waals surface area contributed by atoms with Crippen LogP contribution in [0.5, 0.6) is 0 Å². The van der Waals surface area contributed by atoms with Gasteiger partial charge in [0.05, 0.1) is 0 Å². The van der Waals surface area contributed by atoms with Crippen molar-refractivity contribution in [3.8, 4) is 0 Å². The molecular formula is C18H13IO. The van der Waals surface area contributed by atoms with Gasteiger partial charge in [-0.3, -0.25) is 4.79 Å². The van der Waals surface area contributed by atoms with Gasteiger partial charge in [0.1, 0.15) is 0 Å². The second kappa shape index (κ2) is 5.75. The summed E-state index contributed by atoms with van der Waals surface area (Å²) in [6.07, 6.45) is 0.449. The second-order valence-corrected chi connectivity index (χ2v) is 6.00. The molecule has 3 aromatic rings. The summed E-state index contributed by atoms with van der Waals surface area (Å²) in [6, 6.07) is 22.0. The standard InChI is InChI=1S/C18H13IO/c19-15-8-3-5-13(11-15)12-18(20)17-10-4-7-14-6-1-2-9-16(14)17/h1-11H,12H2. The fraction of sp³-hybridized carbons (Fsp3) is 0.0556. The fourth-order valence-electron chi connectivity index (χ4n) is 2.40. The minimum Gasteiger partial charge on any atom is -0.294 e. The molecular weight excluding hydrogens is 359 g/mol. The van der Waals surface area contributed by atoms with E-state index in [9.17, 15) is 4.79 Å². The molecule has 0 N–H and O–H groups in total. The van der Waals surface area contributed by atoms with Crippen molar-refractivity contribution in [2.75, 3.05) is 0 Å². The Morgan fingerprint density at radius 1 is 0.900 bits per heavy atom. The van der Waals surface area contributed by atoms with Crippen LogP contribution in [-0.2, 0) is 6.42 Å². The summed E-state index contributed by atoms with van der Waals surface area (Å²) >= 11 is 2.27. The fourth-order valence-corrected chi connectivity index (χ4v) is 3.00. The molecule has 3 rings (SSSR count). The molecule has 0 bridgehead atoms. The lowest BCUT2D eigenvalue weighted by Crippen LogP contribution is -2.04. The third kappa shape index (κ3) is 2.75. The maximum absolute atomic E-state index is 12.5. The Labute approximate surface area is 131 Å². The van der Waals surface area contributed by atoms with E-state index in [1.807, 2.05) is 60.7 Å². The number of carbonyl (C=O) groups excluding carboxylic acids is 1. The molecule has 0 aliphatic heterocycles. The van der Waals surface area contributed by atoms with Gasteiger partial charge in [-0.15, -0.1) is 0 Å². The molecule has 0 spiro atoms. The van der Waals surface area contributed by atoms with Gasteiger partial charge >= 0.3 is 0 Å². The maximum atomic E-state index is 12.5. The smallest absolute Gasteiger partial charge is 0.167 e. The first-order valence-corrected chi connectivity index (χ1v) is 7.57. The number of hydrogen-bond acceptors (Lipinski definition) is 1. The van der Waals surface area contributed by atoms with Crippen LogP contribution in [0.15, 0.2) is 66.7 Å². The number of benzene rings is 3. The minimum absolute atomic E-state index is 0.170. The van der Waals surface area contributed by atoms with Crippen molar-refractivity contribution >= 4 is 39.1 Å². The molecule has 98 valence electrons. The Morgan fingerprint density at radius 3 is 2.50 bits per heavy atom. The number of Topliss-reactive ketones (excluding diaryl/α,β-unsaturated/α-hetero) is 1. The lowest BCUT2D eigenvalue weighted by atomic mass is 9.97. The predicted molar refractivity (Wildman–Crippen MR) is 91.1 cm³/mol. The van der Waals surface area contributed by atoms with Crippen molar-refractivity contribution in [3.05, 3.63) is 81.4 Å². The Balaban J connectivity index is 1.97. The van der Waals surface area contributed by atoms with Gasteiger partial charge in [0, 0.05) is 15.6 Å². The highest BCUT2D eigenvalue weighted by Gasteiger charge is 2.10. The van der Waals surface area contributed by atoms with E-state index >= 15 is 0 Å². The maximum Gasteiger partial charge on any atom is 0.167 e. The van der Waals surface area contributed by atoms with E-state index in [1.54, 1.807) is 0 Å². The van der Waals surface area contributed by atoms with E-state index in [-0.39, 0.29) is 5.78 Å². The van der Waals surface area contributed by atoms with E-state index in [1.165, 1.54) is 0 Å². The summed E-state index contributed by atoms with van der Waals surface area (Å²) < 4.78 is 1.16. The molecule has 0 amide bonds. The monoisotopic (exact) mass is 372 g/mol. The molecule has 0 saturated heterocycles. The zero-order valence-electron chi connectivity index (χ0n) is 10.8. The molecule has 1 nitrogen and oxygen atoms in total. The van der Waals surface area contributed by atoms with Crippen LogP contribution in [0.25, 0.3) is 10.8 Å². The van der Waals surface area contributed by atoms with Crippen LogP contribution < -0.4 is 0 Å². The van der Waals surface area contributed by atoms with Gasteiger partial charge in [-0.2, -0.15) is 0 Å². The average Bonchev–Trinajstić information content (AvgIpc) is 2.46. The van der Waals surface area contributed by atoms with Gasteiger partial charge in [-0.25, -0.2) is 0 Å². The Bertz CT molecular complexity index is 772. The SMILES string of the molecule is O=C(Cc1cccc(I)c1)c1cccc2ccccc12. The zero-order valence-corrected chi connectivity index (χ0v) is 13.0. The number of halogens is 1. The average molecular weight is 372 g/mol. The molecule has 0 saturated carbocycles. The molecule has 0 radical (unpaired) electrons. The van der Waals surface area contributed by atoms with Crippen LogP contribution >= 0.6 is 22.6 Å². The van der Waals surface area contributed by atoms with E-state index in [2.05, 4.69) is 28.7 Å². The Kier molecular flexibility index (Phi) is 3.83. The quantitative estimate of drug-likeness (QED) is 0.474. The molecule has 2 heteroatoms. The van der Waals surface area contributed by atoms with Crippen molar-refractivity contribution in [2.24, 2.45) is 0 Å². The number of rotatable bonds is 3. The van der Waals surface area contributed by atoms with Crippen LogP contribution in [0.3, 0.4) is 0 Å². The van der Waals surface area contributed by atoms with Crippen LogP contribution in [-0.4, -0.2) is 5.78 Å². The Hall–Kier alpha value is -1.68. The first kappa shape index (κ1) is 13.3. The van der Waals surface area contributed by atoms with Gasteiger partial charge in [-0.05, 0) is 51.1 Å². The summed E-state index contributed by atoms with van der Waals surface area (Å²) in [4.78, 5) is 12.5. The number of carbonyl (C=O) groups is 1. The zero-order chi connectivity index (χ0) is 13.9. The van der Waals surface area contributed by atoms with Crippen molar-refractivity contribution < 1.29 is 4.79 Å². The lowest BCUT2D eigenvalue weighted by Gasteiger charge is -2.06. The van der Waals surface area contributed by atoms with Gasteiger partial charge in [0.25, 0.3) is 0 Å². The van der Waals surface area contributed by atoms with Crippen molar-refractivity contribution in [1.82, 2.24) is 0 Å². The van der Waals surface area contributed by atoms with Crippen molar-refractivity contribution in [1.29, 1.82) is 0 Å². The normalized spacial score (nSPS) is 10.7. The summed E-state index contributed by atoms with van der Waals surface area (Å²) in [5.41, 5.74) is 1.87. The summed E-state index contributed by atoms with van der Waals surface area (Å²) in [5, 5.41) is 2.15. The van der Waals surface area contributed by atoms with Crippen LogP contribution in [0.2, 0.25) is 0 Å². The van der Waals surface area contributed by atoms with Gasteiger partial charge in [0.2, 0.25) is 0 Å². The number of hydrogen-bond donors (Lipinski definition) is 0. The van der Waals surface area contributed by atoms with Crippen molar-refractivity contribution in [3.63, 3.8) is 0 Å². The predicted octanol–water partition coefficient (Wildman–Crippen LogP) is 4.87. The van der Waals surface area contributed by atoms with Crippen LogP contribution in [0.4, 0.5) is 0 Å². The first-order chi connectivity index (χ1) is 9.74. The van der Waals surface area contributed by atoms with E-state index in [0.717, 1.165) is 25.5 Å². The van der Waals surface area contributed by atoms with Crippen LogP contribution in [0, 0.1) is 3.57 Å². The molecule has 0 unspecified atom stereocenters. The molecule has 0 atom stereocenters. The van der Waals surface area contributed by atoms with E-state index in [0.29, 0.717) is 6.42 Å². The molecule has 20 heavy (non-hydrogen) atoms. The molecule has 0 aliphatic rings. The van der Waals surface area contributed by atoms with Crippen LogP contribution in [0.1, 0.15) is 15.9 Å². The summed E-state index contributed by atoms with van der Waals surface area (Å²) in [7, 11) is 0. The molecule has 0 aromatic heterocycles. The van der Waals surface area contributed by atoms with E-state index < -0.39 is 0 Å². The van der Waals surface area contributed by atoms with E-state index in [4.69, 9.17) is 0 Å². The number of ketones is 1. The minimum atomic E-state index is 0.170. The highest BCUT2D eigenvalue weighted by molar-refractivity contribution is 14.1. The summed E-state index contributed by atoms with van der Waals surface area (Å²) in [6.45, 7) is 0. The summed E-state index contributed by atoms with van der Waals surface area (Å²) in [5.74, 6) is 0.170. The highest BCUT2D eigenvalue weighted by atomic mass is 127. The second-order valence-electron chi connectivity index (χ2n) is 4.76. The molecule has 0 aliphatic carbocycles. The molecule has 0 heterocycles. The first-order valence-electron chi connectivity index (χ1n) is 6.49. The third-order valence-corrected chi connectivity index (χ3v) is 4.01. The third-order valence-electron chi connectivity index (χ3n) is 3.34. The topological polar surface area (TPSA) is 17.1 Å². The van der Waals surface area contributed by atoms with Gasteiger partial charge in [0.15, 0.2) is 5.78 Å².